The summed E-state index contributed by atoms with van der Waals surface area (Å²) in [4.78, 5) is 6.68. The van der Waals surface area contributed by atoms with E-state index in [-0.39, 0.29) is 12.6 Å². The topological polar surface area (TPSA) is 45.6 Å². The third kappa shape index (κ3) is 4.53. The monoisotopic (exact) mass is 320 g/mol. The maximum atomic E-state index is 9.71. The average Bonchev–Trinajstić information content (AvgIpc) is 2.94. The van der Waals surface area contributed by atoms with Crippen molar-refractivity contribution in [2.45, 2.75) is 25.8 Å². The summed E-state index contributed by atoms with van der Waals surface area (Å²) in [6, 6.07) is 7.91. The zero-order valence-electron chi connectivity index (χ0n) is 13.5. The van der Waals surface area contributed by atoms with Crippen molar-refractivity contribution in [3.63, 3.8) is 0 Å². The van der Waals surface area contributed by atoms with E-state index in [1.165, 1.54) is 5.69 Å². The zero-order valence-corrected chi connectivity index (χ0v) is 14.3. The standard InChI is InChI=1S/C17H24N2O2S/c1-13-18-15(12-22-13)5-4-10-19(2)17(11-20)14-6-8-16(21-3)9-7-14/h6-9,12,17,20H,4-5,10-11H2,1-3H3. The molecule has 4 nitrogen and oxygen atoms in total. The highest BCUT2D eigenvalue weighted by atomic mass is 32.1. The van der Waals surface area contributed by atoms with Crippen molar-refractivity contribution >= 4 is 11.3 Å². The van der Waals surface area contributed by atoms with Crippen LogP contribution in [0.15, 0.2) is 29.6 Å². The van der Waals surface area contributed by atoms with Crippen LogP contribution in [-0.4, -0.2) is 42.3 Å². The molecule has 2 rings (SSSR count). The molecule has 0 saturated carbocycles. The lowest BCUT2D eigenvalue weighted by Gasteiger charge is -2.26. The number of thiazole rings is 1. The molecule has 1 aromatic heterocycles. The van der Waals surface area contributed by atoms with Crippen molar-refractivity contribution in [2.75, 3.05) is 27.3 Å². The highest BCUT2D eigenvalue weighted by molar-refractivity contribution is 7.09. The summed E-state index contributed by atoms with van der Waals surface area (Å²) in [6.45, 7) is 3.07. The Labute approximate surface area is 136 Å². The van der Waals surface area contributed by atoms with Gasteiger partial charge in [0.25, 0.3) is 0 Å². The van der Waals surface area contributed by atoms with Gasteiger partial charge in [-0.05, 0) is 51.1 Å². The summed E-state index contributed by atoms with van der Waals surface area (Å²) in [7, 11) is 3.71. The van der Waals surface area contributed by atoms with E-state index in [4.69, 9.17) is 4.74 Å². The largest absolute Gasteiger partial charge is 0.497 e. The number of aliphatic hydroxyl groups excluding tert-OH is 1. The lowest BCUT2D eigenvalue weighted by Crippen LogP contribution is -2.28. The van der Waals surface area contributed by atoms with E-state index in [1.807, 2.05) is 31.2 Å². The van der Waals surface area contributed by atoms with Gasteiger partial charge in [0, 0.05) is 5.38 Å². The fraction of sp³-hybridized carbons (Fsp3) is 0.471. The van der Waals surface area contributed by atoms with E-state index in [0.717, 1.165) is 35.7 Å². The van der Waals surface area contributed by atoms with Crippen molar-refractivity contribution in [3.05, 3.63) is 45.9 Å². The molecule has 1 aromatic carbocycles. The van der Waals surface area contributed by atoms with Crippen LogP contribution >= 0.6 is 11.3 Å². The minimum atomic E-state index is 0.0167. The first-order valence-electron chi connectivity index (χ1n) is 7.50. The Hall–Kier alpha value is -1.43. The molecule has 0 fully saturated rings. The van der Waals surface area contributed by atoms with Gasteiger partial charge in [-0.2, -0.15) is 0 Å². The molecule has 0 radical (unpaired) electrons. The smallest absolute Gasteiger partial charge is 0.118 e. The molecule has 0 aliphatic carbocycles. The number of ether oxygens (including phenoxy) is 1. The molecular formula is C17H24N2O2S. The molecule has 1 heterocycles. The third-order valence-electron chi connectivity index (χ3n) is 3.82. The normalized spacial score (nSPS) is 12.6. The number of aromatic nitrogens is 1. The molecule has 0 aliphatic rings. The highest BCUT2D eigenvalue weighted by Crippen LogP contribution is 2.22. The van der Waals surface area contributed by atoms with E-state index >= 15 is 0 Å². The predicted octanol–water partition coefficient (Wildman–Crippen LogP) is 3.06. The average molecular weight is 320 g/mol. The molecular weight excluding hydrogens is 296 g/mol. The Bertz CT molecular complexity index is 568. The van der Waals surface area contributed by atoms with Crippen LogP contribution < -0.4 is 4.74 Å². The van der Waals surface area contributed by atoms with Crippen LogP contribution in [0.25, 0.3) is 0 Å². The minimum absolute atomic E-state index is 0.0167. The molecule has 1 atom stereocenters. The number of hydrogen-bond acceptors (Lipinski definition) is 5. The van der Waals surface area contributed by atoms with E-state index in [9.17, 15) is 5.11 Å². The predicted molar refractivity (Wildman–Crippen MR) is 90.6 cm³/mol. The second kappa shape index (κ2) is 8.27. The summed E-state index contributed by atoms with van der Waals surface area (Å²) < 4.78 is 5.18. The third-order valence-corrected chi connectivity index (χ3v) is 4.64. The molecule has 0 aliphatic heterocycles. The number of nitrogens with zero attached hydrogens (tertiary/aromatic N) is 2. The van der Waals surface area contributed by atoms with Gasteiger partial charge in [0.15, 0.2) is 0 Å². The van der Waals surface area contributed by atoms with Gasteiger partial charge in [0.05, 0.1) is 30.5 Å². The number of hydrogen-bond donors (Lipinski definition) is 1. The van der Waals surface area contributed by atoms with E-state index < -0.39 is 0 Å². The molecule has 0 amide bonds. The summed E-state index contributed by atoms with van der Waals surface area (Å²) in [5, 5.41) is 13.0. The van der Waals surface area contributed by atoms with Crippen LogP contribution in [-0.2, 0) is 6.42 Å². The Morgan fingerprint density at radius 2 is 2.05 bits per heavy atom. The minimum Gasteiger partial charge on any atom is -0.497 e. The number of aryl methyl sites for hydroxylation is 2. The first-order chi connectivity index (χ1) is 10.6. The Balaban J connectivity index is 1.88. The SMILES string of the molecule is COc1ccc(C(CO)N(C)CCCc2csc(C)n2)cc1. The molecule has 2 aromatic rings. The number of rotatable bonds is 8. The fourth-order valence-electron chi connectivity index (χ4n) is 2.51. The Morgan fingerprint density at radius 1 is 1.32 bits per heavy atom. The molecule has 5 heteroatoms. The van der Waals surface area contributed by atoms with Gasteiger partial charge in [-0.25, -0.2) is 4.98 Å². The van der Waals surface area contributed by atoms with Crippen molar-refractivity contribution in [1.82, 2.24) is 9.88 Å². The van der Waals surface area contributed by atoms with Crippen molar-refractivity contribution in [2.24, 2.45) is 0 Å². The number of benzene rings is 1. The number of methoxy groups -OCH3 is 1. The molecule has 22 heavy (non-hydrogen) atoms. The van der Waals surface area contributed by atoms with Crippen LogP contribution in [0.5, 0.6) is 5.75 Å². The molecule has 0 saturated heterocycles. The maximum absolute atomic E-state index is 9.71. The second-order valence-electron chi connectivity index (χ2n) is 5.41. The molecule has 120 valence electrons. The molecule has 0 bridgehead atoms. The lowest BCUT2D eigenvalue weighted by atomic mass is 10.1. The highest BCUT2D eigenvalue weighted by Gasteiger charge is 2.16. The summed E-state index contributed by atoms with van der Waals surface area (Å²) in [6.07, 6.45) is 2.02. The maximum Gasteiger partial charge on any atom is 0.118 e. The zero-order chi connectivity index (χ0) is 15.9. The van der Waals surface area contributed by atoms with Crippen LogP contribution in [0, 0.1) is 6.92 Å². The second-order valence-corrected chi connectivity index (χ2v) is 6.48. The molecule has 1 N–H and O–H groups in total. The fourth-order valence-corrected chi connectivity index (χ4v) is 3.16. The summed E-state index contributed by atoms with van der Waals surface area (Å²) in [5.74, 6) is 0.835. The van der Waals surface area contributed by atoms with Crippen LogP contribution in [0.4, 0.5) is 0 Å². The van der Waals surface area contributed by atoms with Crippen molar-refractivity contribution < 1.29 is 9.84 Å². The quantitative estimate of drug-likeness (QED) is 0.812. The van der Waals surface area contributed by atoms with Gasteiger partial charge in [0.2, 0.25) is 0 Å². The molecule has 1 unspecified atom stereocenters. The van der Waals surface area contributed by atoms with Gasteiger partial charge in [-0.15, -0.1) is 11.3 Å². The number of likely N-dealkylation sites (N-methyl/N-ethyl adjacent to an activating group) is 1. The first kappa shape index (κ1) is 16.9. The van der Waals surface area contributed by atoms with Crippen molar-refractivity contribution in [1.29, 1.82) is 0 Å². The van der Waals surface area contributed by atoms with Gasteiger partial charge < -0.3 is 9.84 Å². The van der Waals surface area contributed by atoms with Gasteiger partial charge in [-0.3, -0.25) is 4.90 Å². The van der Waals surface area contributed by atoms with E-state index in [0.29, 0.717) is 0 Å². The van der Waals surface area contributed by atoms with Crippen molar-refractivity contribution in [3.8, 4) is 5.75 Å². The molecule has 0 spiro atoms. The lowest BCUT2D eigenvalue weighted by molar-refractivity contribution is 0.147. The van der Waals surface area contributed by atoms with Gasteiger partial charge in [0.1, 0.15) is 5.75 Å². The number of aliphatic hydroxyl groups is 1. The Morgan fingerprint density at radius 3 is 2.59 bits per heavy atom. The van der Waals surface area contributed by atoms with Gasteiger partial charge in [-0.1, -0.05) is 12.1 Å². The Kier molecular flexibility index (Phi) is 6.36. The van der Waals surface area contributed by atoms with E-state index in [1.54, 1.807) is 18.4 Å². The summed E-state index contributed by atoms with van der Waals surface area (Å²) in [5.41, 5.74) is 2.27. The van der Waals surface area contributed by atoms with E-state index in [2.05, 4.69) is 22.3 Å². The van der Waals surface area contributed by atoms with Crippen LogP contribution in [0.1, 0.15) is 28.7 Å². The van der Waals surface area contributed by atoms with Crippen LogP contribution in [0.2, 0.25) is 0 Å². The van der Waals surface area contributed by atoms with Crippen LogP contribution in [0.3, 0.4) is 0 Å². The summed E-state index contributed by atoms with van der Waals surface area (Å²) >= 11 is 1.70. The first-order valence-corrected chi connectivity index (χ1v) is 8.38. The van der Waals surface area contributed by atoms with Gasteiger partial charge >= 0.3 is 0 Å².